The van der Waals surface area contributed by atoms with E-state index in [1.807, 2.05) is 6.07 Å². The summed E-state index contributed by atoms with van der Waals surface area (Å²) in [6, 6.07) is 8.70. The predicted molar refractivity (Wildman–Crippen MR) is 107 cm³/mol. The third kappa shape index (κ3) is 7.90. The summed E-state index contributed by atoms with van der Waals surface area (Å²) in [4.78, 5) is 11.8. The summed E-state index contributed by atoms with van der Waals surface area (Å²) < 4.78 is 36.3. The van der Waals surface area contributed by atoms with Gasteiger partial charge in [-0.3, -0.25) is 4.79 Å². The minimum absolute atomic E-state index is 0.448. The number of carbonyl (C=O) groups is 1. The molecule has 2 aromatic rings. The minimum atomic E-state index is -1.24. The fraction of sp³-hybridized carbons (Fsp3) is 0.375. The molecule has 0 aliphatic carbocycles. The summed E-state index contributed by atoms with van der Waals surface area (Å²) >= 11 is 9.11. The molecule has 0 spiro atoms. The highest BCUT2D eigenvalue weighted by Crippen LogP contribution is 2.34. The summed E-state index contributed by atoms with van der Waals surface area (Å²) in [5, 5.41) is 7.32. The number of nitriles is 1. The number of nitrogens with zero attached hydrogens (tertiary/aromatic N) is 1. The molecule has 26 heavy (non-hydrogen) atoms. The van der Waals surface area contributed by atoms with E-state index in [2.05, 4.69) is 31.9 Å². The van der Waals surface area contributed by atoms with E-state index >= 15 is 0 Å². The van der Waals surface area contributed by atoms with Gasteiger partial charge >= 0.3 is 0 Å². The third-order valence-electron chi connectivity index (χ3n) is 2.75. The van der Waals surface area contributed by atoms with Crippen molar-refractivity contribution in [3.63, 3.8) is 0 Å². The zero-order chi connectivity index (χ0) is 20.2. The van der Waals surface area contributed by atoms with Gasteiger partial charge in [-0.05, 0) is 56.1 Å². The molecule has 0 saturated heterocycles. The van der Waals surface area contributed by atoms with Crippen LogP contribution in [0.25, 0.3) is 0 Å². The average molecular weight is 533 g/mol. The molecule has 0 bridgehead atoms. The number of methoxy groups -OCH3 is 2. The molecule has 0 radical (unpaired) electrons. The van der Waals surface area contributed by atoms with Crippen LogP contribution in [0.2, 0.25) is 0 Å². The van der Waals surface area contributed by atoms with Crippen molar-refractivity contribution in [3.05, 3.63) is 41.6 Å². The Kier molecular flexibility index (Phi) is 13.1. The van der Waals surface area contributed by atoms with Crippen LogP contribution in [0.5, 0.6) is 0 Å². The SMILES string of the molecule is CC#N.COC(CF)(OC)c1ccc(Br)s1.O=C(CF)c1ccc(Br)s1. The zero-order valence-electron chi connectivity index (χ0n) is 14.2. The van der Waals surface area contributed by atoms with Gasteiger partial charge in [-0.1, -0.05) is 0 Å². The van der Waals surface area contributed by atoms with Gasteiger partial charge in [-0.2, -0.15) is 5.26 Å². The second-order valence-corrected chi connectivity index (χ2v) is 9.21. The molecular weight excluding hydrogens is 516 g/mol. The number of halogens is 4. The lowest BCUT2D eigenvalue weighted by molar-refractivity contribution is -0.222. The molecule has 10 heteroatoms. The van der Waals surface area contributed by atoms with Crippen molar-refractivity contribution in [2.75, 3.05) is 27.6 Å². The summed E-state index contributed by atoms with van der Waals surface area (Å²) in [6.45, 7) is -0.181. The second-order valence-electron chi connectivity index (χ2n) is 4.28. The molecule has 0 aliphatic heterocycles. The highest BCUT2D eigenvalue weighted by Gasteiger charge is 2.33. The van der Waals surface area contributed by atoms with Crippen LogP contribution in [0.15, 0.2) is 31.8 Å². The summed E-state index contributed by atoms with van der Waals surface area (Å²) in [6.07, 6.45) is 0. The first-order valence-corrected chi connectivity index (χ1v) is 10.1. The molecule has 2 aromatic heterocycles. The maximum absolute atomic E-state index is 12.7. The Bertz CT molecular complexity index is 704. The van der Waals surface area contributed by atoms with Gasteiger partial charge in [-0.15, -0.1) is 22.7 Å². The van der Waals surface area contributed by atoms with E-state index in [4.69, 9.17) is 14.7 Å². The number of hydrogen-bond acceptors (Lipinski definition) is 6. The molecule has 0 aromatic carbocycles. The number of ether oxygens (including phenoxy) is 2. The van der Waals surface area contributed by atoms with Gasteiger partial charge in [0, 0.05) is 21.1 Å². The zero-order valence-corrected chi connectivity index (χ0v) is 19.0. The number of thiophene rings is 2. The predicted octanol–water partition coefficient (Wildman–Crippen LogP) is 6.12. The molecule has 0 atom stereocenters. The minimum Gasteiger partial charge on any atom is -0.347 e. The van der Waals surface area contributed by atoms with Crippen LogP contribution in [-0.4, -0.2) is 33.4 Å². The van der Waals surface area contributed by atoms with Crippen LogP contribution >= 0.6 is 54.5 Å². The van der Waals surface area contributed by atoms with Crippen LogP contribution in [0.1, 0.15) is 21.5 Å². The van der Waals surface area contributed by atoms with Crippen molar-refractivity contribution in [2.45, 2.75) is 12.7 Å². The van der Waals surface area contributed by atoms with Gasteiger partial charge in [0.25, 0.3) is 0 Å². The van der Waals surface area contributed by atoms with Crippen LogP contribution in [0.3, 0.4) is 0 Å². The first kappa shape index (κ1) is 25.3. The first-order valence-electron chi connectivity index (χ1n) is 6.91. The monoisotopic (exact) mass is 531 g/mol. The van der Waals surface area contributed by atoms with E-state index in [1.54, 1.807) is 24.3 Å². The van der Waals surface area contributed by atoms with E-state index in [0.29, 0.717) is 9.75 Å². The molecular formula is C16H17Br2F2NO3S2. The lowest BCUT2D eigenvalue weighted by Crippen LogP contribution is -2.32. The fourth-order valence-electron chi connectivity index (χ4n) is 1.51. The lowest BCUT2D eigenvalue weighted by atomic mass is 10.2. The standard InChI is InChI=1S/C8H10BrFO2S.C6H4BrFOS.C2H3N/c1-11-8(5-10,12-2)6-3-4-7(9)13-6;7-6-2-1-5(10-6)4(9)3-8;1-2-3/h3-4H,5H2,1-2H3;1-2H,3H2;1H3. The van der Waals surface area contributed by atoms with Gasteiger partial charge in [0.1, 0.15) is 6.67 Å². The van der Waals surface area contributed by atoms with Crippen LogP contribution in [0, 0.1) is 11.3 Å². The maximum Gasteiger partial charge on any atom is 0.233 e. The molecule has 0 N–H and O–H groups in total. The molecule has 0 fully saturated rings. The van der Waals surface area contributed by atoms with Crippen LogP contribution < -0.4 is 0 Å². The number of rotatable bonds is 6. The Morgan fingerprint density at radius 3 is 1.96 bits per heavy atom. The van der Waals surface area contributed by atoms with Gasteiger partial charge in [-0.25, -0.2) is 8.78 Å². The summed E-state index contributed by atoms with van der Waals surface area (Å²) in [5.41, 5.74) is 0. The molecule has 0 saturated carbocycles. The number of ketones is 1. The summed E-state index contributed by atoms with van der Waals surface area (Å²) in [7, 11) is 2.85. The Morgan fingerprint density at radius 1 is 1.15 bits per heavy atom. The Hall–Kier alpha value is -0.700. The molecule has 0 amide bonds. The van der Waals surface area contributed by atoms with Gasteiger partial charge in [0.05, 0.1) is 23.4 Å². The molecule has 0 unspecified atom stereocenters. The molecule has 144 valence electrons. The second kappa shape index (κ2) is 13.5. The third-order valence-corrected chi connectivity index (χ3v) is 6.17. The van der Waals surface area contributed by atoms with Crippen LogP contribution in [0.4, 0.5) is 8.78 Å². The van der Waals surface area contributed by atoms with Crippen molar-refractivity contribution in [1.29, 1.82) is 5.26 Å². The normalized spacial score (nSPS) is 10.1. The number of carbonyl (C=O) groups excluding carboxylic acids is 1. The molecule has 2 rings (SSSR count). The average Bonchev–Trinajstić information content (AvgIpc) is 3.27. The maximum atomic E-state index is 12.7. The van der Waals surface area contributed by atoms with Crippen molar-refractivity contribution >= 4 is 60.3 Å². The van der Waals surface area contributed by atoms with Crippen molar-refractivity contribution in [1.82, 2.24) is 0 Å². The largest absolute Gasteiger partial charge is 0.347 e. The smallest absolute Gasteiger partial charge is 0.233 e. The topological polar surface area (TPSA) is 59.3 Å². The Morgan fingerprint density at radius 2 is 1.65 bits per heavy atom. The van der Waals surface area contributed by atoms with Gasteiger partial charge < -0.3 is 9.47 Å². The Labute approximate surface area is 176 Å². The van der Waals surface area contributed by atoms with E-state index < -0.39 is 24.9 Å². The van der Waals surface area contributed by atoms with Crippen molar-refractivity contribution in [2.24, 2.45) is 0 Å². The lowest BCUT2D eigenvalue weighted by Gasteiger charge is -2.26. The number of Topliss-reactive ketones (excluding diaryl/α,β-unsaturated/α-hetero) is 1. The number of alkyl halides is 2. The van der Waals surface area contributed by atoms with E-state index in [9.17, 15) is 13.6 Å². The fourth-order valence-corrected chi connectivity index (χ4v) is 4.33. The van der Waals surface area contributed by atoms with Gasteiger partial charge in [0.2, 0.25) is 11.6 Å². The molecule has 0 aliphatic rings. The highest BCUT2D eigenvalue weighted by atomic mass is 79.9. The number of hydrogen-bond donors (Lipinski definition) is 0. The molecule has 2 heterocycles. The highest BCUT2D eigenvalue weighted by molar-refractivity contribution is 9.11. The van der Waals surface area contributed by atoms with Crippen LogP contribution in [-0.2, 0) is 15.3 Å². The van der Waals surface area contributed by atoms with E-state index in [0.717, 1.165) is 7.57 Å². The first-order chi connectivity index (χ1) is 12.3. The van der Waals surface area contributed by atoms with Crippen molar-refractivity contribution in [3.8, 4) is 6.07 Å². The van der Waals surface area contributed by atoms with Crippen molar-refractivity contribution < 1.29 is 23.0 Å². The quantitative estimate of drug-likeness (QED) is 0.332. The summed E-state index contributed by atoms with van der Waals surface area (Å²) in [5.74, 6) is -1.69. The van der Waals surface area contributed by atoms with E-state index in [1.165, 1.54) is 43.8 Å². The van der Waals surface area contributed by atoms with Gasteiger partial charge in [0.15, 0.2) is 6.67 Å². The Balaban J connectivity index is 0.000000428. The molecule has 4 nitrogen and oxygen atoms in total. The van der Waals surface area contributed by atoms with E-state index in [-0.39, 0.29) is 0 Å².